The molecule has 0 amide bonds. The van der Waals surface area contributed by atoms with E-state index in [1.54, 1.807) is 14.2 Å². The Morgan fingerprint density at radius 1 is 1.29 bits per heavy atom. The fourth-order valence-corrected chi connectivity index (χ4v) is 2.66. The molecule has 3 nitrogen and oxygen atoms in total. The normalized spacial score (nSPS) is 20.5. The lowest BCUT2D eigenvalue weighted by Gasteiger charge is -2.25. The third kappa shape index (κ3) is 2.39. The zero-order chi connectivity index (χ0) is 12.3. The smallest absolute Gasteiger partial charge is 0.123 e. The Balaban J connectivity index is 2.34. The van der Waals surface area contributed by atoms with Crippen LogP contribution in [0.2, 0.25) is 0 Å². The Bertz CT molecular complexity index is 378. The number of benzene rings is 1. The highest BCUT2D eigenvalue weighted by Crippen LogP contribution is 2.38. The van der Waals surface area contributed by atoms with Crippen molar-refractivity contribution in [2.24, 2.45) is 0 Å². The van der Waals surface area contributed by atoms with E-state index in [1.165, 1.54) is 24.9 Å². The molecule has 0 aliphatic carbocycles. The molecule has 0 radical (unpaired) electrons. The van der Waals surface area contributed by atoms with Gasteiger partial charge in [-0.25, -0.2) is 0 Å². The zero-order valence-electron chi connectivity index (χ0n) is 10.9. The largest absolute Gasteiger partial charge is 0.497 e. The Morgan fingerprint density at radius 2 is 2.12 bits per heavy atom. The van der Waals surface area contributed by atoms with Crippen LogP contribution in [0.4, 0.5) is 0 Å². The molecule has 0 aromatic heterocycles. The number of hydrogen-bond donors (Lipinski definition) is 0. The quantitative estimate of drug-likeness (QED) is 0.801. The van der Waals surface area contributed by atoms with Crippen LogP contribution in [0, 0.1) is 0 Å². The van der Waals surface area contributed by atoms with Gasteiger partial charge in [-0.2, -0.15) is 0 Å². The minimum Gasteiger partial charge on any atom is -0.497 e. The van der Waals surface area contributed by atoms with Crippen molar-refractivity contribution in [3.63, 3.8) is 0 Å². The molecule has 0 N–H and O–H groups in total. The van der Waals surface area contributed by atoms with Crippen molar-refractivity contribution < 1.29 is 9.47 Å². The van der Waals surface area contributed by atoms with Gasteiger partial charge in [-0.05, 0) is 44.1 Å². The molecule has 17 heavy (non-hydrogen) atoms. The predicted octanol–water partition coefficient (Wildman–Crippen LogP) is 2.86. The van der Waals surface area contributed by atoms with Crippen molar-refractivity contribution in [2.75, 3.05) is 27.3 Å². The van der Waals surface area contributed by atoms with Gasteiger partial charge in [0.05, 0.1) is 14.2 Å². The number of nitrogens with zero attached hydrogens (tertiary/aromatic N) is 1. The molecule has 1 atom stereocenters. The summed E-state index contributed by atoms with van der Waals surface area (Å²) < 4.78 is 10.8. The monoisotopic (exact) mass is 235 g/mol. The molecule has 1 aliphatic rings. The average molecular weight is 235 g/mol. The molecular formula is C14H21NO2. The number of ether oxygens (including phenoxy) is 2. The lowest BCUT2D eigenvalue weighted by molar-refractivity contribution is 0.264. The second kappa shape index (κ2) is 5.41. The molecule has 1 saturated heterocycles. The lowest BCUT2D eigenvalue weighted by Crippen LogP contribution is -2.23. The molecule has 3 heteroatoms. The number of rotatable bonds is 4. The Kier molecular flexibility index (Phi) is 3.89. The van der Waals surface area contributed by atoms with E-state index in [1.807, 2.05) is 12.1 Å². The van der Waals surface area contributed by atoms with Crippen LogP contribution >= 0.6 is 0 Å². The van der Waals surface area contributed by atoms with Gasteiger partial charge in [0.2, 0.25) is 0 Å². The van der Waals surface area contributed by atoms with Crippen LogP contribution in [0.25, 0.3) is 0 Å². The van der Waals surface area contributed by atoms with E-state index in [-0.39, 0.29) is 0 Å². The molecule has 0 spiro atoms. The van der Waals surface area contributed by atoms with Crippen molar-refractivity contribution >= 4 is 0 Å². The van der Waals surface area contributed by atoms with E-state index in [4.69, 9.17) is 9.47 Å². The summed E-state index contributed by atoms with van der Waals surface area (Å²) in [4.78, 5) is 2.50. The van der Waals surface area contributed by atoms with E-state index in [2.05, 4.69) is 17.9 Å². The van der Waals surface area contributed by atoms with Crippen molar-refractivity contribution in [3.8, 4) is 11.5 Å². The maximum atomic E-state index is 5.47. The molecule has 2 rings (SSSR count). The van der Waals surface area contributed by atoms with Gasteiger partial charge in [-0.1, -0.05) is 6.92 Å². The summed E-state index contributed by atoms with van der Waals surface area (Å²) in [5, 5.41) is 0. The van der Waals surface area contributed by atoms with Gasteiger partial charge in [-0.3, -0.25) is 4.90 Å². The third-order valence-electron chi connectivity index (χ3n) is 3.57. The second-order valence-electron chi connectivity index (χ2n) is 4.39. The van der Waals surface area contributed by atoms with Crippen LogP contribution in [-0.4, -0.2) is 32.2 Å². The molecule has 1 aliphatic heterocycles. The van der Waals surface area contributed by atoms with Gasteiger partial charge in [-0.15, -0.1) is 0 Å². The zero-order valence-corrected chi connectivity index (χ0v) is 10.9. The molecular weight excluding hydrogens is 214 g/mol. The van der Waals surface area contributed by atoms with Crippen molar-refractivity contribution in [1.82, 2.24) is 4.90 Å². The molecule has 0 bridgehead atoms. The minimum absolute atomic E-state index is 0.477. The SMILES string of the molecule is CCN1CCC[C@@H]1c1cc(OC)ccc1OC. The molecule has 1 heterocycles. The van der Waals surface area contributed by atoms with Gasteiger partial charge in [0.15, 0.2) is 0 Å². The fraction of sp³-hybridized carbons (Fsp3) is 0.571. The number of likely N-dealkylation sites (tertiary alicyclic amines) is 1. The lowest BCUT2D eigenvalue weighted by atomic mass is 10.0. The van der Waals surface area contributed by atoms with E-state index in [9.17, 15) is 0 Å². The van der Waals surface area contributed by atoms with Gasteiger partial charge in [0.25, 0.3) is 0 Å². The summed E-state index contributed by atoms with van der Waals surface area (Å²) in [7, 11) is 3.44. The first-order valence-electron chi connectivity index (χ1n) is 6.26. The van der Waals surface area contributed by atoms with Crippen LogP contribution in [0.15, 0.2) is 18.2 Å². The van der Waals surface area contributed by atoms with Crippen LogP contribution in [-0.2, 0) is 0 Å². The van der Waals surface area contributed by atoms with Gasteiger partial charge in [0.1, 0.15) is 11.5 Å². The molecule has 1 aromatic carbocycles. The summed E-state index contributed by atoms with van der Waals surface area (Å²) in [5.74, 6) is 1.87. The number of hydrogen-bond acceptors (Lipinski definition) is 3. The van der Waals surface area contributed by atoms with Gasteiger partial charge < -0.3 is 9.47 Å². The topological polar surface area (TPSA) is 21.7 Å². The summed E-state index contributed by atoms with van der Waals surface area (Å²) in [6.07, 6.45) is 2.47. The van der Waals surface area contributed by atoms with E-state index in [0.29, 0.717) is 6.04 Å². The summed E-state index contributed by atoms with van der Waals surface area (Å²) in [5.41, 5.74) is 1.26. The predicted molar refractivity (Wildman–Crippen MR) is 68.8 cm³/mol. The standard InChI is InChI=1S/C14H21NO2/c1-4-15-9-5-6-13(15)12-10-11(16-2)7-8-14(12)17-3/h7-8,10,13H,4-6,9H2,1-3H3/t13-/m1/s1. The van der Waals surface area contributed by atoms with Crippen LogP contribution in [0.3, 0.4) is 0 Å². The van der Waals surface area contributed by atoms with E-state index < -0.39 is 0 Å². The second-order valence-corrected chi connectivity index (χ2v) is 4.39. The Labute approximate surface area is 103 Å². The highest BCUT2D eigenvalue weighted by molar-refractivity contribution is 5.42. The maximum absolute atomic E-state index is 5.47. The first-order valence-corrected chi connectivity index (χ1v) is 6.26. The fourth-order valence-electron chi connectivity index (χ4n) is 2.66. The van der Waals surface area contributed by atoms with E-state index in [0.717, 1.165) is 18.0 Å². The van der Waals surface area contributed by atoms with Gasteiger partial charge >= 0.3 is 0 Å². The molecule has 94 valence electrons. The summed E-state index contributed by atoms with van der Waals surface area (Å²) in [6.45, 7) is 4.48. The minimum atomic E-state index is 0.477. The van der Waals surface area contributed by atoms with Crippen LogP contribution < -0.4 is 9.47 Å². The van der Waals surface area contributed by atoms with Gasteiger partial charge in [0, 0.05) is 11.6 Å². The molecule has 1 fully saturated rings. The van der Waals surface area contributed by atoms with Crippen molar-refractivity contribution in [3.05, 3.63) is 23.8 Å². The Hall–Kier alpha value is -1.22. The Morgan fingerprint density at radius 3 is 2.76 bits per heavy atom. The summed E-state index contributed by atoms with van der Waals surface area (Å²) in [6, 6.07) is 6.54. The summed E-state index contributed by atoms with van der Waals surface area (Å²) >= 11 is 0. The van der Waals surface area contributed by atoms with Crippen molar-refractivity contribution in [1.29, 1.82) is 0 Å². The first-order chi connectivity index (χ1) is 8.30. The van der Waals surface area contributed by atoms with Crippen LogP contribution in [0.5, 0.6) is 11.5 Å². The average Bonchev–Trinajstić information content (AvgIpc) is 2.86. The molecule has 0 saturated carbocycles. The third-order valence-corrected chi connectivity index (χ3v) is 3.57. The van der Waals surface area contributed by atoms with Crippen LogP contribution in [0.1, 0.15) is 31.4 Å². The van der Waals surface area contributed by atoms with E-state index >= 15 is 0 Å². The maximum Gasteiger partial charge on any atom is 0.123 e. The molecule has 0 unspecified atom stereocenters. The first kappa shape index (κ1) is 12.2. The highest BCUT2D eigenvalue weighted by Gasteiger charge is 2.27. The molecule has 1 aromatic rings. The highest BCUT2D eigenvalue weighted by atomic mass is 16.5. The number of methoxy groups -OCH3 is 2. The van der Waals surface area contributed by atoms with Crippen molar-refractivity contribution in [2.45, 2.75) is 25.8 Å².